The molecule has 1 aromatic rings. The minimum atomic E-state index is -1.05. The molecule has 98 valence electrons. The molecule has 5 nitrogen and oxygen atoms in total. The van der Waals surface area contributed by atoms with Crippen molar-refractivity contribution in [3.05, 3.63) is 22.8 Å². The molecule has 1 aromatic heterocycles. The van der Waals surface area contributed by atoms with Gasteiger partial charge in [0.05, 0.1) is 22.7 Å². The van der Waals surface area contributed by atoms with Crippen molar-refractivity contribution in [3.8, 4) is 0 Å². The van der Waals surface area contributed by atoms with Gasteiger partial charge in [0, 0.05) is 19.9 Å². The van der Waals surface area contributed by atoms with Crippen molar-refractivity contribution in [2.75, 3.05) is 18.6 Å². The summed E-state index contributed by atoms with van der Waals surface area (Å²) in [7, 11) is 1.89. The van der Waals surface area contributed by atoms with E-state index in [1.807, 2.05) is 18.9 Å². The molecule has 1 saturated heterocycles. The zero-order chi connectivity index (χ0) is 13.3. The molecular weight excluding hydrogens is 256 g/mol. The molecule has 2 heterocycles. The van der Waals surface area contributed by atoms with E-state index in [4.69, 9.17) is 21.4 Å². The van der Waals surface area contributed by atoms with E-state index in [1.54, 1.807) is 0 Å². The number of hydrogen-bond acceptors (Lipinski definition) is 4. The fourth-order valence-corrected chi connectivity index (χ4v) is 2.37. The number of carboxylic acids is 1. The van der Waals surface area contributed by atoms with Crippen LogP contribution in [0, 0.1) is 0 Å². The van der Waals surface area contributed by atoms with Gasteiger partial charge in [0.1, 0.15) is 5.82 Å². The van der Waals surface area contributed by atoms with E-state index in [0.717, 1.165) is 13.0 Å². The van der Waals surface area contributed by atoms with Crippen molar-refractivity contribution in [1.82, 2.24) is 4.98 Å². The highest BCUT2D eigenvalue weighted by atomic mass is 35.5. The van der Waals surface area contributed by atoms with Crippen LogP contribution in [0.5, 0.6) is 0 Å². The number of carbonyl (C=O) groups is 1. The quantitative estimate of drug-likeness (QED) is 0.911. The van der Waals surface area contributed by atoms with E-state index in [0.29, 0.717) is 5.82 Å². The monoisotopic (exact) mass is 270 g/mol. The van der Waals surface area contributed by atoms with Crippen LogP contribution < -0.4 is 4.90 Å². The lowest BCUT2D eigenvalue weighted by Crippen LogP contribution is -2.37. The molecule has 18 heavy (non-hydrogen) atoms. The minimum Gasteiger partial charge on any atom is -0.478 e. The van der Waals surface area contributed by atoms with E-state index in [-0.39, 0.29) is 22.7 Å². The second kappa shape index (κ2) is 5.12. The molecule has 0 spiro atoms. The average Bonchev–Trinajstić information content (AvgIpc) is 2.75. The molecule has 1 aliphatic heterocycles. The molecule has 1 N–H and O–H groups in total. The maximum absolute atomic E-state index is 11.0. The summed E-state index contributed by atoms with van der Waals surface area (Å²) in [5.74, 6) is -0.452. The van der Waals surface area contributed by atoms with Crippen LogP contribution in [-0.2, 0) is 4.74 Å². The molecular formula is C12H15ClN2O3. The van der Waals surface area contributed by atoms with Gasteiger partial charge in [-0.2, -0.15) is 0 Å². The van der Waals surface area contributed by atoms with Crippen LogP contribution in [0.3, 0.4) is 0 Å². The van der Waals surface area contributed by atoms with Crippen LogP contribution >= 0.6 is 11.6 Å². The Balaban J connectivity index is 2.28. The summed E-state index contributed by atoms with van der Waals surface area (Å²) in [6.45, 7) is 2.72. The summed E-state index contributed by atoms with van der Waals surface area (Å²) in [6, 6.07) is 1.70. The summed E-state index contributed by atoms with van der Waals surface area (Å²) in [6.07, 6.45) is 2.39. The molecule has 1 fully saturated rings. The van der Waals surface area contributed by atoms with E-state index in [9.17, 15) is 4.79 Å². The third-order valence-electron chi connectivity index (χ3n) is 3.27. The van der Waals surface area contributed by atoms with Crippen molar-refractivity contribution >= 4 is 23.4 Å². The van der Waals surface area contributed by atoms with Gasteiger partial charge in [-0.1, -0.05) is 11.6 Å². The second-order valence-corrected chi connectivity index (χ2v) is 4.78. The Morgan fingerprint density at radius 3 is 2.94 bits per heavy atom. The molecule has 0 saturated carbocycles. The maximum Gasteiger partial charge on any atom is 0.337 e. The maximum atomic E-state index is 11.0. The van der Waals surface area contributed by atoms with Crippen LogP contribution in [0.2, 0.25) is 5.02 Å². The molecule has 0 amide bonds. The first-order valence-electron chi connectivity index (χ1n) is 5.74. The molecule has 1 aliphatic rings. The van der Waals surface area contributed by atoms with Crippen LogP contribution in [0.1, 0.15) is 23.7 Å². The Hall–Kier alpha value is -1.33. The van der Waals surface area contributed by atoms with Crippen molar-refractivity contribution in [2.24, 2.45) is 0 Å². The molecule has 0 aromatic carbocycles. The number of rotatable bonds is 3. The summed E-state index contributed by atoms with van der Waals surface area (Å²) < 4.78 is 5.50. The SMILES string of the molecule is CC1OCCC1N(C)c1cc(C(=O)O)c(Cl)cn1. The van der Waals surface area contributed by atoms with Crippen molar-refractivity contribution in [3.63, 3.8) is 0 Å². The number of nitrogens with zero attached hydrogens (tertiary/aromatic N) is 2. The summed E-state index contributed by atoms with van der Waals surface area (Å²) in [4.78, 5) is 17.1. The fraction of sp³-hybridized carbons (Fsp3) is 0.500. The lowest BCUT2D eigenvalue weighted by molar-refractivity contribution is 0.0697. The molecule has 2 unspecified atom stereocenters. The predicted octanol–water partition coefficient (Wildman–Crippen LogP) is 2.05. The van der Waals surface area contributed by atoms with Gasteiger partial charge in [-0.05, 0) is 19.4 Å². The third kappa shape index (κ3) is 2.42. The van der Waals surface area contributed by atoms with Gasteiger partial charge in [0.2, 0.25) is 0 Å². The number of halogens is 1. The summed E-state index contributed by atoms with van der Waals surface area (Å²) >= 11 is 5.80. The molecule has 0 radical (unpaired) electrons. The zero-order valence-corrected chi connectivity index (χ0v) is 11.0. The van der Waals surface area contributed by atoms with Gasteiger partial charge in [-0.25, -0.2) is 9.78 Å². The van der Waals surface area contributed by atoms with Crippen LogP contribution in [0.25, 0.3) is 0 Å². The van der Waals surface area contributed by atoms with Gasteiger partial charge in [0.25, 0.3) is 0 Å². The smallest absolute Gasteiger partial charge is 0.337 e. The number of anilines is 1. The predicted molar refractivity (Wildman–Crippen MR) is 68.4 cm³/mol. The number of hydrogen-bond donors (Lipinski definition) is 1. The fourth-order valence-electron chi connectivity index (χ4n) is 2.18. The van der Waals surface area contributed by atoms with E-state index in [2.05, 4.69) is 4.98 Å². The summed E-state index contributed by atoms with van der Waals surface area (Å²) in [5.41, 5.74) is 0.0695. The molecule has 2 rings (SSSR count). The van der Waals surface area contributed by atoms with Crippen LogP contribution in [0.15, 0.2) is 12.3 Å². The number of aromatic nitrogens is 1. The Morgan fingerprint density at radius 2 is 2.39 bits per heavy atom. The normalized spacial score (nSPS) is 23.1. The number of pyridine rings is 1. The van der Waals surface area contributed by atoms with Gasteiger partial charge < -0.3 is 14.7 Å². The lowest BCUT2D eigenvalue weighted by atomic mass is 10.1. The topological polar surface area (TPSA) is 62.7 Å². The highest BCUT2D eigenvalue weighted by Crippen LogP contribution is 2.25. The second-order valence-electron chi connectivity index (χ2n) is 4.37. The van der Waals surface area contributed by atoms with E-state index in [1.165, 1.54) is 12.3 Å². The molecule has 0 aliphatic carbocycles. The first-order chi connectivity index (χ1) is 8.50. The number of carboxylic acid groups (broad SMARTS) is 1. The van der Waals surface area contributed by atoms with Crippen LogP contribution in [0.4, 0.5) is 5.82 Å². The Kier molecular flexibility index (Phi) is 3.73. The third-order valence-corrected chi connectivity index (χ3v) is 3.57. The lowest BCUT2D eigenvalue weighted by Gasteiger charge is -2.27. The minimum absolute atomic E-state index is 0.0695. The van der Waals surface area contributed by atoms with Crippen LogP contribution in [-0.4, -0.2) is 41.9 Å². The molecule has 2 atom stereocenters. The average molecular weight is 271 g/mol. The number of ether oxygens (including phenoxy) is 1. The number of likely N-dealkylation sites (N-methyl/N-ethyl adjacent to an activating group) is 1. The summed E-state index contributed by atoms with van der Waals surface area (Å²) in [5, 5.41) is 9.18. The Morgan fingerprint density at radius 1 is 1.67 bits per heavy atom. The van der Waals surface area contributed by atoms with E-state index < -0.39 is 5.97 Å². The first kappa shape index (κ1) is 13.1. The molecule has 6 heteroatoms. The van der Waals surface area contributed by atoms with Gasteiger partial charge in [-0.3, -0.25) is 0 Å². The largest absolute Gasteiger partial charge is 0.478 e. The number of aromatic carboxylic acids is 1. The Bertz CT molecular complexity index is 467. The molecule has 0 bridgehead atoms. The van der Waals surface area contributed by atoms with Crippen molar-refractivity contribution < 1.29 is 14.6 Å². The van der Waals surface area contributed by atoms with Gasteiger partial charge >= 0.3 is 5.97 Å². The van der Waals surface area contributed by atoms with Crippen molar-refractivity contribution in [2.45, 2.75) is 25.5 Å². The van der Waals surface area contributed by atoms with E-state index >= 15 is 0 Å². The highest BCUT2D eigenvalue weighted by molar-refractivity contribution is 6.33. The van der Waals surface area contributed by atoms with Gasteiger partial charge in [-0.15, -0.1) is 0 Å². The standard InChI is InChI=1S/C12H15ClN2O3/c1-7-10(3-4-18-7)15(2)11-5-8(12(16)17)9(13)6-14-11/h5-7,10H,3-4H2,1-2H3,(H,16,17). The van der Waals surface area contributed by atoms with Crippen molar-refractivity contribution in [1.29, 1.82) is 0 Å². The zero-order valence-electron chi connectivity index (χ0n) is 10.3. The first-order valence-corrected chi connectivity index (χ1v) is 6.11. The Labute approximate surface area is 110 Å². The highest BCUT2D eigenvalue weighted by Gasteiger charge is 2.29. The van der Waals surface area contributed by atoms with Gasteiger partial charge in [0.15, 0.2) is 0 Å².